The number of furan rings is 1. The Bertz CT molecular complexity index is 565. The predicted molar refractivity (Wildman–Crippen MR) is 95.8 cm³/mol. The molecule has 1 aromatic heterocycles. The van der Waals surface area contributed by atoms with Crippen LogP contribution in [0.3, 0.4) is 0 Å². The molecule has 0 saturated heterocycles. The van der Waals surface area contributed by atoms with Crippen LogP contribution in [0, 0.1) is 0 Å². The van der Waals surface area contributed by atoms with Crippen molar-refractivity contribution in [3.8, 4) is 0 Å². The van der Waals surface area contributed by atoms with Gasteiger partial charge in [0.1, 0.15) is 18.1 Å². The maximum absolute atomic E-state index is 9.99. The van der Waals surface area contributed by atoms with E-state index in [0.717, 1.165) is 43.7 Å². The maximum Gasteiger partial charge on any atom is 0.129 e. The normalized spacial score (nSPS) is 12.7. The third-order valence-corrected chi connectivity index (χ3v) is 3.84. The van der Waals surface area contributed by atoms with Gasteiger partial charge in [0.05, 0.1) is 19.3 Å². The molecule has 0 radical (unpaired) electrons. The molecule has 0 amide bonds. The van der Waals surface area contributed by atoms with Crippen LogP contribution in [0.2, 0.25) is 0 Å². The smallest absolute Gasteiger partial charge is 0.129 e. The Hall–Kier alpha value is -1.62. The Morgan fingerprint density at radius 2 is 1.79 bits per heavy atom. The molecule has 1 aromatic carbocycles. The fraction of sp³-hybridized carbons (Fsp3) is 0.500. The lowest BCUT2D eigenvalue weighted by Gasteiger charge is -2.10. The SMILES string of the molecule is CN(C)Cc1ccc(COCC(O)CCCCc2ccccc2)o1. The van der Waals surface area contributed by atoms with Crippen molar-refractivity contribution in [1.82, 2.24) is 4.90 Å². The number of aliphatic hydroxyl groups excluding tert-OH is 1. The van der Waals surface area contributed by atoms with Crippen LogP contribution in [0.4, 0.5) is 0 Å². The number of ether oxygens (including phenoxy) is 1. The van der Waals surface area contributed by atoms with E-state index in [1.54, 1.807) is 0 Å². The Morgan fingerprint density at radius 1 is 1.04 bits per heavy atom. The molecule has 0 aliphatic heterocycles. The standard InChI is InChI=1S/C20H29NO3/c1-21(2)14-19-12-13-20(24-19)16-23-15-18(22)11-7-6-10-17-8-4-3-5-9-17/h3-5,8-9,12-13,18,22H,6-7,10-11,14-16H2,1-2H3. The number of hydrogen-bond donors (Lipinski definition) is 1. The summed E-state index contributed by atoms with van der Waals surface area (Å²) in [7, 11) is 4.01. The number of hydrogen-bond acceptors (Lipinski definition) is 4. The minimum atomic E-state index is -0.406. The largest absolute Gasteiger partial charge is 0.462 e. The van der Waals surface area contributed by atoms with Crippen LogP contribution in [0.15, 0.2) is 46.9 Å². The van der Waals surface area contributed by atoms with Crippen LogP contribution in [-0.2, 0) is 24.3 Å². The van der Waals surface area contributed by atoms with E-state index in [9.17, 15) is 5.11 Å². The highest BCUT2D eigenvalue weighted by Crippen LogP contribution is 2.12. The highest BCUT2D eigenvalue weighted by Gasteiger charge is 2.07. The first kappa shape index (κ1) is 18.7. The van der Waals surface area contributed by atoms with Crippen molar-refractivity contribution in [2.75, 3.05) is 20.7 Å². The van der Waals surface area contributed by atoms with E-state index in [1.807, 2.05) is 32.3 Å². The molecule has 1 atom stereocenters. The van der Waals surface area contributed by atoms with E-state index in [2.05, 4.69) is 29.2 Å². The topological polar surface area (TPSA) is 45.8 Å². The van der Waals surface area contributed by atoms with E-state index < -0.39 is 6.10 Å². The lowest BCUT2D eigenvalue weighted by atomic mass is 10.1. The van der Waals surface area contributed by atoms with E-state index in [0.29, 0.717) is 13.2 Å². The van der Waals surface area contributed by atoms with Crippen molar-refractivity contribution in [3.05, 3.63) is 59.5 Å². The molecule has 1 heterocycles. The average molecular weight is 331 g/mol. The fourth-order valence-corrected chi connectivity index (χ4v) is 2.63. The van der Waals surface area contributed by atoms with Gasteiger partial charge >= 0.3 is 0 Å². The lowest BCUT2D eigenvalue weighted by molar-refractivity contribution is 0.0171. The molecule has 0 saturated carbocycles. The molecule has 4 heteroatoms. The number of nitrogens with zero attached hydrogens (tertiary/aromatic N) is 1. The van der Waals surface area contributed by atoms with Crippen LogP contribution in [0.25, 0.3) is 0 Å². The second kappa shape index (κ2) is 10.3. The Kier molecular flexibility index (Phi) is 8.02. The monoisotopic (exact) mass is 331 g/mol. The fourth-order valence-electron chi connectivity index (χ4n) is 2.63. The van der Waals surface area contributed by atoms with Gasteiger partial charge in [0.2, 0.25) is 0 Å². The zero-order valence-electron chi connectivity index (χ0n) is 14.8. The van der Waals surface area contributed by atoms with Crippen LogP contribution in [0.1, 0.15) is 36.3 Å². The molecule has 2 aromatic rings. The summed E-state index contributed by atoms with van der Waals surface area (Å²) < 4.78 is 11.2. The third kappa shape index (κ3) is 7.30. The zero-order chi connectivity index (χ0) is 17.2. The van der Waals surface area contributed by atoms with Gasteiger partial charge in [-0.2, -0.15) is 0 Å². The molecule has 0 aliphatic rings. The molecule has 0 fully saturated rings. The van der Waals surface area contributed by atoms with Crippen molar-refractivity contribution in [3.63, 3.8) is 0 Å². The molecule has 1 unspecified atom stereocenters. The molecule has 0 spiro atoms. The van der Waals surface area contributed by atoms with Crippen LogP contribution < -0.4 is 0 Å². The summed E-state index contributed by atoms with van der Waals surface area (Å²) in [5, 5.41) is 9.99. The minimum absolute atomic E-state index is 0.356. The number of benzene rings is 1. The Morgan fingerprint density at radius 3 is 2.54 bits per heavy atom. The van der Waals surface area contributed by atoms with E-state index in [-0.39, 0.29) is 0 Å². The van der Waals surface area contributed by atoms with Crippen molar-refractivity contribution in [2.45, 2.75) is 44.9 Å². The van der Waals surface area contributed by atoms with Gasteiger partial charge in [-0.3, -0.25) is 0 Å². The second-order valence-corrected chi connectivity index (χ2v) is 6.51. The van der Waals surface area contributed by atoms with E-state index >= 15 is 0 Å². The molecule has 1 N–H and O–H groups in total. The van der Waals surface area contributed by atoms with Crippen LogP contribution >= 0.6 is 0 Å². The number of unbranched alkanes of at least 4 members (excludes halogenated alkanes) is 1. The lowest BCUT2D eigenvalue weighted by Crippen LogP contribution is -2.15. The second-order valence-electron chi connectivity index (χ2n) is 6.51. The summed E-state index contributed by atoms with van der Waals surface area (Å²) in [6.07, 6.45) is 3.53. The third-order valence-electron chi connectivity index (χ3n) is 3.84. The molecule has 0 bridgehead atoms. The summed E-state index contributed by atoms with van der Waals surface area (Å²) in [6.45, 7) is 1.55. The van der Waals surface area contributed by atoms with Crippen molar-refractivity contribution < 1.29 is 14.3 Å². The quantitative estimate of drug-likeness (QED) is 0.639. The van der Waals surface area contributed by atoms with Gasteiger partial charge in [-0.05, 0) is 51.1 Å². The molecule has 4 nitrogen and oxygen atoms in total. The molecule has 2 rings (SSSR count). The van der Waals surface area contributed by atoms with Crippen molar-refractivity contribution in [2.24, 2.45) is 0 Å². The molecular formula is C20H29NO3. The Labute approximate surface area is 145 Å². The molecule has 132 valence electrons. The zero-order valence-corrected chi connectivity index (χ0v) is 14.8. The molecular weight excluding hydrogens is 302 g/mol. The highest BCUT2D eigenvalue weighted by atomic mass is 16.5. The highest BCUT2D eigenvalue weighted by molar-refractivity contribution is 5.14. The first-order valence-corrected chi connectivity index (χ1v) is 8.65. The average Bonchev–Trinajstić information content (AvgIpc) is 2.99. The van der Waals surface area contributed by atoms with Gasteiger partial charge < -0.3 is 19.2 Å². The molecule has 0 aliphatic carbocycles. The van der Waals surface area contributed by atoms with Gasteiger partial charge in [-0.15, -0.1) is 0 Å². The summed E-state index contributed by atoms with van der Waals surface area (Å²) in [6, 6.07) is 14.4. The maximum atomic E-state index is 9.99. The van der Waals surface area contributed by atoms with E-state index in [4.69, 9.17) is 9.15 Å². The first-order chi connectivity index (χ1) is 11.6. The van der Waals surface area contributed by atoms with Crippen molar-refractivity contribution in [1.29, 1.82) is 0 Å². The summed E-state index contributed by atoms with van der Waals surface area (Å²) >= 11 is 0. The summed E-state index contributed by atoms with van der Waals surface area (Å²) in [5.41, 5.74) is 1.36. The van der Waals surface area contributed by atoms with Gasteiger partial charge in [0, 0.05) is 0 Å². The van der Waals surface area contributed by atoms with Gasteiger partial charge in [-0.25, -0.2) is 0 Å². The molecule has 24 heavy (non-hydrogen) atoms. The van der Waals surface area contributed by atoms with E-state index in [1.165, 1.54) is 5.56 Å². The van der Waals surface area contributed by atoms with Crippen LogP contribution in [0.5, 0.6) is 0 Å². The number of rotatable bonds is 11. The summed E-state index contributed by atoms with van der Waals surface area (Å²) in [5.74, 6) is 1.74. The van der Waals surface area contributed by atoms with Gasteiger partial charge in [0.25, 0.3) is 0 Å². The van der Waals surface area contributed by atoms with Gasteiger partial charge in [-0.1, -0.05) is 36.8 Å². The Balaban J connectivity index is 1.54. The number of aliphatic hydroxyl groups is 1. The summed E-state index contributed by atoms with van der Waals surface area (Å²) in [4.78, 5) is 2.06. The first-order valence-electron chi connectivity index (χ1n) is 8.65. The van der Waals surface area contributed by atoms with Crippen molar-refractivity contribution >= 4 is 0 Å². The van der Waals surface area contributed by atoms with Crippen LogP contribution in [-0.4, -0.2) is 36.8 Å². The minimum Gasteiger partial charge on any atom is -0.462 e. The number of aryl methyl sites for hydroxylation is 1. The predicted octanol–water partition coefficient (Wildman–Crippen LogP) is 3.63. The van der Waals surface area contributed by atoms with Gasteiger partial charge in [0.15, 0.2) is 0 Å².